The summed E-state index contributed by atoms with van der Waals surface area (Å²) in [7, 11) is 0. The van der Waals surface area contributed by atoms with Crippen molar-refractivity contribution in [2.45, 2.75) is 25.4 Å². The molecule has 0 aliphatic carbocycles. The normalized spacial score (nSPS) is 18.6. The van der Waals surface area contributed by atoms with Crippen LogP contribution in [0.2, 0.25) is 0 Å². The Kier molecular flexibility index (Phi) is 3.71. The van der Waals surface area contributed by atoms with E-state index in [0.717, 1.165) is 30.8 Å². The van der Waals surface area contributed by atoms with Gasteiger partial charge < -0.3 is 9.40 Å². The van der Waals surface area contributed by atoms with Crippen LogP contribution in [-0.2, 0) is 6.54 Å². The van der Waals surface area contributed by atoms with Crippen molar-refractivity contribution in [3.8, 4) is 11.5 Å². The lowest BCUT2D eigenvalue weighted by molar-refractivity contribution is 0.242. The second-order valence-corrected chi connectivity index (χ2v) is 5.90. The molecule has 1 atom stereocenters. The Bertz CT molecular complexity index is 764. The van der Waals surface area contributed by atoms with Gasteiger partial charge in [-0.2, -0.15) is 0 Å². The molecule has 2 aromatic heterocycles. The Morgan fingerprint density at radius 1 is 1.26 bits per heavy atom. The highest BCUT2D eigenvalue weighted by molar-refractivity contribution is 5.52. The maximum Gasteiger partial charge on any atom is 0.226 e. The van der Waals surface area contributed by atoms with Gasteiger partial charge in [-0.15, -0.1) is 0 Å². The molecule has 0 saturated carbocycles. The number of halogens is 1. The molecule has 1 aromatic carbocycles. The molecule has 1 fully saturated rings. The van der Waals surface area contributed by atoms with Crippen molar-refractivity contribution in [1.82, 2.24) is 14.9 Å². The van der Waals surface area contributed by atoms with Crippen molar-refractivity contribution in [1.29, 1.82) is 0 Å². The summed E-state index contributed by atoms with van der Waals surface area (Å²) >= 11 is 0. The smallest absolute Gasteiger partial charge is 0.226 e. The van der Waals surface area contributed by atoms with E-state index in [4.69, 9.17) is 4.42 Å². The van der Waals surface area contributed by atoms with Gasteiger partial charge in [0.1, 0.15) is 12.1 Å². The second-order valence-electron chi connectivity index (χ2n) is 5.90. The lowest BCUT2D eigenvalue weighted by atomic mass is 10.1. The molecule has 5 heteroatoms. The van der Waals surface area contributed by atoms with Crippen LogP contribution in [-0.4, -0.2) is 21.4 Å². The Balaban J connectivity index is 1.50. The number of oxazole rings is 1. The summed E-state index contributed by atoms with van der Waals surface area (Å²) in [4.78, 5) is 10.3. The standard InChI is InChI=1S/C18H18FN3O/c19-14-7-5-13(6-8-14)18-21-15(12-23-18)11-22-10-2-4-17(22)16-3-1-9-20-16/h1,3,5-9,12,17,20H,2,4,10-11H2/t17-/m1/s1. The first-order valence-corrected chi connectivity index (χ1v) is 7.87. The molecule has 0 bridgehead atoms. The molecule has 23 heavy (non-hydrogen) atoms. The largest absolute Gasteiger partial charge is 0.444 e. The highest BCUT2D eigenvalue weighted by atomic mass is 19.1. The van der Waals surface area contributed by atoms with Gasteiger partial charge in [0.25, 0.3) is 0 Å². The number of nitrogens with one attached hydrogen (secondary N) is 1. The Morgan fingerprint density at radius 3 is 2.91 bits per heavy atom. The van der Waals surface area contributed by atoms with E-state index < -0.39 is 0 Å². The van der Waals surface area contributed by atoms with Crippen LogP contribution in [0.3, 0.4) is 0 Å². The quantitative estimate of drug-likeness (QED) is 0.787. The summed E-state index contributed by atoms with van der Waals surface area (Å²) < 4.78 is 18.6. The van der Waals surface area contributed by atoms with Crippen molar-refractivity contribution in [2.24, 2.45) is 0 Å². The molecule has 3 heterocycles. The molecule has 1 aliphatic rings. The van der Waals surface area contributed by atoms with Crippen LogP contribution in [0, 0.1) is 5.82 Å². The summed E-state index contributed by atoms with van der Waals surface area (Å²) in [6.07, 6.45) is 6.01. The van der Waals surface area contributed by atoms with E-state index in [1.54, 1.807) is 18.4 Å². The fourth-order valence-electron chi connectivity index (χ4n) is 3.23. The van der Waals surface area contributed by atoms with Crippen molar-refractivity contribution in [3.05, 3.63) is 66.1 Å². The monoisotopic (exact) mass is 311 g/mol. The van der Waals surface area contributed by atoms with E-state index in [0.29, 0.717) is 11.9 Å². The lowest BCUT2D eigenvalue weighted by Gasteiger charge is -2.22. The molecule has 1 saturated heterocycles. The van der Waals surface area contributed by atoms with Crippen LogP contribution in [0.25, 0.3) is 11.5 Å². The number of H-pyrrole nitrogens is 1. The molecule has 0 spiro atoms. The van der Waals surface area contributed by atoms with Crippen LogP contribution < -0.4 is 0 Å². The van der Waals surface area contributed by atoms with Gasteiger partial charge in [0, 0.05) is 24.0 Å². The van der Waals surface area contributed by atoms with E-state index in [-0.39, 0.29) is 5.82 Å². The SMILES string of the molecule is Fc1ccc(-c2nc(CN3CCC[C@@H]3c3ccc[nH]3)co2)cc1. The third-order valence-corrected chi connectivity index (χ3v) is 4.35. The van der Waals surface area contributed by atoms with Gasteiger partial charge in [-0.3, -0.25) is 4.90 Å². The maximum atomic E-state index is 13.0. The lowest BCUT2D eigenvalue weighted by Crippen LogP contribution is -2.23. The summed E-state index contributed by atoms with van der Waals surface area (Å²) in [6, 6.07) is 10.8. The molecule has 0 unspecified atom stereocenters. The zero-order valence-corrected chi connectivity index (χ0v) is 12.7. The first kappa shape index (κ1) is 14.2. The summed E-state index contributed by atoms with van der Waals surface area (Å²) in [5, 5.41) is 0. The van der Waals surface area contributed by atoms with Crippen LogP contribution in [0.5, 0.6) is 0 Å². The maximum absolute atomic E-state index is 13.0. The minimum absolute atomic E-state index is 0.258. The predicted molar refractivity (Wildman–Crippen MR) is 85.1 cm³/mol. The van der Waals surface area contributed by atoms with Crippen LogP contribution in [0.1, 0.15) is 30.3 Å². The number of hydrogen-bond acceptors (Lipinski definition) is 3. The van der Waals surface area contributed by atoms with E-state index in [1.807, 2.05) is 12.3 Å². The first-order chi connectivity index (χ1) is 11.3. The zero-order valence-electron chi connectivity index (χ0n) is 12.7. The van der Waals surface area contributed by atoms with E-state index >= 15 is 0 Å². The number of aromatic amines is 1. The van der Waals surface area contributed by atoms with Crippen LogP contribution >= 0.6 is 0 Å². The molecule has 3 aromatic rings. The van der Waals surface area contributed by atoms with Gasteiger partial charge in [-0.1, -0.05) is 0 Å². The Morgan fingerprint density at radius 2 is 2.13 bits per heavy atom. The molecule has 0 amide bonds. The highest BCUT2D eigenvalue weighted by Gasteiger charge is 2.27. The first-order valence-electron chi connectivity index (χ1n) is 7.87. The van der Waals surface area contributed by atoms with Gasteiger partial charge >= 0.3 is 0 Å². The second kappa shape index (κ2) is 6.01. The van der Waals surface area contributed by atoms with Crippen molar-refractivity contribution in [3.63, 3.8) is 0 Å². The zero-order chi connectivity index (χ0) is 15.6. The molecule has 1 N–H and O–H groups in total. The number of nitrogens with zero attached hydrogens (tertiary/aromatic N) is 2. The third-order valence-electron chi connectivity index (χ3n) is 4.35. The number of aromatic nitrogens is 2. The van der Waals surface area contributed by atoms with Gasteiger partial charge in [0.2, 0.25) is 5.89 Å². The molecule has 4 rings (SSSR count). The Labute approximate surface area is 134 Å². The van der Waals surface area contributed by atoms with Crippen LogP contribution in [0.15, 0.2) is 53.3 Å². The fraction of sp³-hybridized carbons (Fsp3) is 0.278. The molecule has 1 aliphatic heterocycles. The average Bonchev–Trinajstić information content (AvgIpc) is 3.29. The molecular formula is C18H18FN3O. The average molecular weight is 311 g/mol. The van der Waals surface area contributed by atoms with Crippen molar-refractivity contribution < 1.29 is 8.81 Å². The minimum Gasteiger partial charge on any atom is -0.444 e. The number of hydrogen-bond donors (Lipinski definition) is 1. The van der Waals surface area contributed by atoms with Crippen molar-refractivity contribution >= 4 is 0 Å². The topological polar surface area (TPSA) is 45.1 Å². The van der Waals surface area contributed by atoms with E-state index in [9.17, 15) is 4.39 Å². The molecule has 118 valence electrons. The molecule has 0 radical (unpaired) electrons. The number of likely N-dealkylation sites (tertiary alicyclic amines) is 1. The molecular weight excluding hydrogens is 293 g/mol. The minimum atomic E-state index is -0.258. The fourth-order valence-corrected chi connectivity index (χ4v) is 3.23. The van der Waals surface area contributed by atoms with Gasteiger partial charge in [-0.25, -0.2) is 9.37 Å². The third kappa shape index (κ3) is 2.92. The van der Waals surface area contributed by atoms with Gasteiger partial charge in [-0.05, 0) is 55.8 Å². The van der Waals surface area contributed by atoms with E-state index in [1.165, 1.54) is 24.2 Å². The van der Waals surface area contributed by atoms with E-state index in [2.05, 4.69) is 20.9 Å². The summed E-state index contributed by atoms with van der Waals surface area (Å²) in [5.41, 5.74) is 2.95. The number of benzene rings is 1. The summed E-state index contributed by atoms with van der Waals surface area (Å²) in [5.74, 6) is 0.280. The highest BCUT2D eigenvalue weighted by Crippen LogP contribution is 2.32. The Hall–Kier alpha value is -2.40. The molecule has 4 nitrogen and oxygen atoms in total. The van der Waals surface area contributed by atoms with Crippen LogP contribution in [0.4, 0.5) is 4.39 Å². The van der Waals surface area contributed by atoms with Crippen molar-refractivity contribution in [2.75, 3.05) is 6.54 Å². The van der Waals surface area contributed by atoms with Gasteiger partial charge in [0.15, 0.2) is 0 Å². The predicted octanol–water partition coefficient (Wildman–Crippen LogP) is 4.15. The number of rotatable bonds is 4. The van der Waals surface area contributed by atoms with Gasteiger partial charge in [0.05, 0.1) is 11.7 Å². The summed E-state index contributed by atoms with van der Waals surface area (Å²) in [6.45, 7) is 1.82.